The van der Waals surface area contributed by atoms with Crippen molar-refractivity contribution < 1.29 is 42.1 Å². The SMILES string of the molecule is COc1cc(-c2cc(C(=O)N3CC[C@H](C(=O)N[C@H]4CC[C@](O)(C(F)(F)F)[C@@H](O)C4)CC34CC4)n[nH]2)c(F)cn1. The Morgan fingerprint density at radius 3 is 2.62 bits per heavy atom. The van der Waals surface area contributed by atoms with Crippen LogP contribution in [-0.2, 0) is 4.79 Å². The van der Waals surface area contributed by atoms with Crippen LogP contribution in [0.5, 0.6) is 5.88 Å². The molecule has 2 amide bonds. The summed E-state index contributed by atoms with van der Waals surface area (Å²) in [6.07, 6.45) is -5.11. The Morgan fingerprint density at radius 2 is 1.97 bits per heavy atom. The minimum absolute atomic E-state index is 0.0997. The van der Waals surface area contributed by atoms with Gasteiger partial charge in [-0.25, -0.2) is 9.37 Å². The molecule has 3 fully saturated rings. The van der Waals surface area contributed by atoms with E-state index in [0.717, 1.165) is 6.20 Å². The predicted octanol–water partition coefficient (Wildman–Crippen LogP) is 2.33. The zero-order chi connectivity index (χ0) is 28.2. The Hall–Kier alpha value is -3.26. The average molecular weight is 556 g/mol. The van der Waals surface area contributed by atoms with Gasteiger partial charge < -0.3 is 25.2 Å². The largest absolute Gasteiger partial charge is 0.481 e. The van der Waals surface area contributed by atoms with Crippen LogP contribution in [0.3, 0.4) is 0 Å². The van der Waals surface area contributed by atoms with E-state index in [1.807, 2.05) is 0 Å². The topological polar surface area (TPSA) is 141 Å². The second kappa shape index (κ2) is 9.73. The Kier molecular flexibility index (Phi) is 6.82. The Morgan fingerprint density at radius 1 is 1.23 bits per heavy atom. The maximum absolute atomic E-state index is 14.3. The second-order valence-corrected chi connectivity index (χ2v) is 10.7. The van der Waals surface area contributed by atoms with Crippen LogP contribution in [0, 0.1) is 11.7 Å². The van der Waals surface area contributed by atoms with Crippen LogP contribution in [0.2, 0.25) is 0 Å². The molecule has 3 heterocycles. The molecule has 0 aromatic carbocycles. The summed E-state index contributed by atoms with van der Waals surface area (Å²) in [7, 11) is 1.40. The lowest BCUT2D eigenvalue weighted by molar-refractivity contribution is -0.300. The fourth-order valence-electron chi connectivity index (χ4n) is 5.72. The lowest BCUT2D eigenvalue weighted by atomic mass is 9.78. The predicted molar refractivity (Wildman–Crippen MR) is 127 cm³/mol. The van der Waals surface area contributed by atoms with Gasteiger partial charge in [0.15, 0.2) is 17.1 Å². The van der Waals surface area contributed by atoms with Gasteiger partial charge in [-0.3, -0.25) is 14.7 Å². The van der Waals surface area contributed by atoms with Gasteiger partial charge in [-0.2, -0.15) is 18.3 Å². The summed E-state index contributed by atoms with van der Waals surface area (Å²) in [5.41, 5.74) is -3.18. The molecule has 4 N–H and O–H groups in total. The third kappa shape index (κ3) is 4.95. The summed E-state index contributed by atoms with van der Waals surface area (Å²) in [4.78, 5) is 31.8. The summed E-state index contributed by atoms with van der Waals surface area (Å²) in [6.45, 7) is 0.275. The van der Waals surface area contributed by atoms with Gasteiger partial charge in [0, 0.05) is 35.7 Å². The molecule has 1 aliphatic heterocycles. The van der Waals surface area contributed by atoms with Crippen LogP contribution < -0.4 is 10.1 Å². The first-order chi connectivity index (χ1) is 18.4. The summed E-state index contributed by atoms with van der Waals surface area (Å²) in [5.74, 6) is -1.56. The Labute approximate surface area is 220 Å². The number of aliphatic hydroxyl groups is 2. The van der Waals surface area contributed by atoms with Crippen LogP contribution in [0.15, 0.2) is 18.3 Å². The number of aromatic amines is 1. The number of aromatic nitrogens is 3. The van der Waals surface area contributed by atoms with E-state index in [1.54, 1.807) is 4.90 Å². The quantitative estimate of drug-likeness (QED) is 0.415. The van der Waals surface area contributed by atoms with Gasteiger partial charge in [-0.1, -0.05) is 0 Å². The van der Waals surface area contributed by atoms with Gasteiger partial charge in [-0.05, 0) is 51.0 Å². The molecule has 2 saturated carbocycles. The van der Waals surface area contributed by atoms with Crippen LogP contribution in [-0.4, -0.2) is 85.2 Å². The van der Waals surface area contributed by atoms with E-state index >= 15 is 0 Å². The number of nitrogens with zero attached hydrogens (tertiary/aromatic N) is 3. The van der Waals surface area contributed by atoms with Crippen LogP contribution in [0.25, 0.3) is 11.3 Å². The van der Waals surface area contributed by atoms with Crippen LogP contribution in [0.4, 0.5) is 17.6 Å². The number of ether oxygens (including phenoxy) is 1. The molecule has 1 saturated heterocycles. The molecule has 2 aromatic rings. The number of amides is 2. The van der Waals surface area contributed by atoms with Gasteiger partial charge >= 0.3 is 6.18 Å². The van der Waals surface area contributed by atoms with Crippen molar-refractivity contribution in [1.29, 1.82) is 0 Å². The van der Waals surface area contributed by atoms with E-state index in [1.165, 1.54) is 19.2 Å². The van der Waals surface area contributed by atoms with Crippen molar-refractivity contribution in [1.82, 2.24) is 25.4 Å². The number of methoxy groups -OCH3 is 1. The number of nitrogens with one attached hydrogen (secondary N) is 2. The molecule has 1 spiro atoms. The van der Waals surface area contributed by atoms with E-state index in [0.29, 0.717) is 25.7 Å². The maximum Gasteiger partial charge on any atom is 0.419 e. The standard InChI is InChI=1S/C25H29F4N5O5/c1-39-20-9-15(16(26)12-30-20)17-10-18(33-32-17)22(37)34-7-3-13(11-23(34)5-6-23)21(36)31-14-2-4-24(38,19(35)8-14)25(27,28)29/h9-10,12-14,19,35,38H,2-8,11H2,1H3,(H,31,36)(H,32,33)/t13-,14-,19-,24+/m0/s1. The molecule has 0 bridgehead atoms. The monoisotopic (exact) mass is 555 g/mol. The molecule has 3 aliphatic rings. The highest BCUT2D eigenvalue weighted by Gasteiger charge is 2.60. The van der Waals surface area contributed by atoms with E-state index in [-0.39, 0.29) is 47.6 Å². The van der Waals surface area contributed by atoms with Crippen molar-refractivity contribution in [2.45, 2.75) is 74.4 Å². The van der Waals surface area contributed by atoms with E-state index in [9.17, 15) is 37.4 Å². The molecule has 5 rings (SSSR count). The summed E-state index contributed by atoms with van der Waals surface area (Å²) < 4.78 is 58.8. The number of hydrogen-bond donors (Lipinski definition) is 4. The first-order valence-corrected chi connectivity index (χ1v) is 12.7. The molecule has 2 aromatic heterocycles. The highest BCUT2D eigenvalue weighted by Crippen LogP contribution is 2.50. The van der Waals surface area contributed by atoms with Crippen molar-refractivity contribution in [3.8, 4) is 17.1 Å². The number of pyridine rings is 1. The lowest BCUT2D eigenvalue weighted by Crippen LogP contribution is -2.60. The number of likely N-dealkylation sites (tertiary alicyclic amines) is 1. The Balaban J connectivity index is 1.21. The minimum atomic E-state index is -4.96. The van der Waals surface area contributed by atoms with Gasteiger partial charge in [0.25, 0.3) is 5.91 Å². The van der Waals surface area contributed by atoms with E-state index < -0.39 is 54.0 Å². The summed E-state index contributed by atoms with van der Waals surface area (Å²) >= 11 is 0. The third-order valence-electron chi connectivity index (χ3n) is 8.24. The molecular weight excluding hydrogens is 526 g/mol. The summed E-state index contributed by atoms with van der Waals surface area (Å²) in [5, 5.41) is 29.3. The molecule has 14 heteroatoms. The number of aliphatic hydroxyl groups excluding tert-OH is 1. The molecule has 39 heavy (non-hydrogen) atoms. The highest BCUT2D eigenvalue weighted by molar-refractivity contribution is 5.94. The van der Waals surface area contributed by atoms with Crippen molar-refractivity contribution in [3.63, 3.8) is 0 Å². The zero-order valence-corrected chi connectivity index (χ0v) is 21.1. The number of rotatable bonds is 5. The number of carbonyl (C=O) groups excluding carboxylic acids is 2. The molecule has 4 atom stereocenters. The molecule has 10 nitrogen and oxygen atoms in total. The second-order valence-electron chi connectivity index (χ2n) is 10.7. The number of H-pyrrole nitrogens is 1. The number of hydrogen-bond acceptors (Lipinski definition) is 7. The van der Waals surface area contributed by atoms with Gasteiger partial charge in [0.05, 0.1) is 25.1 Å². The first-order valence-electron chi connectivity index (χ1n) is 12.7. The fourth-order valence-corrected chi connectivity index (χ4v) is 5.72. The number of halogens is 4. The van der Waals surface area contributed by atoms with Gasteiger partial charge in [0.1, 0.15) is 0 Å². The first kappa shape index (κ1) is 27.3. The molecular formula is C25H29F4N5O5. The summed E-state index contributed by atoms with van der Waals surface area (Å²) in [6, 6.07) is 2.14. The van der Waals surface area contributed by atoms with E-state index in [4.69, 9.17) is 4.74 Å². The third-order valence-corrected chi connectivity index (χ3v) is 8.24. The lowest BCUT2D eigenvalue weighted by Gasteiger charge is -2.42. The van der Waals surface area contributed by atoms with Gasteiger partial charge in [0.2, 0.25) is 11.8 Å². The molecule has 212 valence electrons. The van der Waals surface area contributed by atoms with Crippen molar-refractivity contribution in [2.24, 2.45) is 5.92 Å². The zero-order valence-electron chi connectivity index (χ0n) is 21.1. The van der Waals surface area contributed by atoms with Crippen molar-refractivity contribution >= 4 is 11.8 Å². The maximum atomic E-state index is 14.3. The van der Waals surface area contributed by atoms with Crippen molar-refractivity contribution in [2.75, 3.05) is 13.7 Å². The normalized spacial score (nSPS) is 28.3. The average Bonchev–Trinajstić information content (AvgIpc) is 3.46. The van der Waals surface area contributed by atoms with Crippen molar-refractivity contribution in [3.05, 3.63) is 29.8 Å². The van der Waals surface area contributed by atoms with Gasteiger partial charge in [-0.15, -0.1) is 0 Å². The number of piperidine rings is 1. The molecule has 2 aliphatic carbocycles. The van der Waals surface area contributed by atoms with Crippen LogP contribution >= 0.6 is 0 Å². The van der Waals surface area contributed by atoms with Crippen LogP contribution in [0.1, 0.15) is 55.4 Å². The number of carbonyl (C=O) groups is 2. The Bertz CT molecular complexity index is 1270. The number of alkyl halides is 3. The minimum Gasteiger partial charge on any atom is -0.481 e. The molecule has 0 radical (unpaired) electrons. The highest BCUT2D eigenvalue weighted by atomic mass is 19.4. The smallest absolute Gasteiger partial charge is 0.419 e. The van der Waals surface area contributed by atoms with E-state index in [2.05, 4.69) is 20.5 Å². The molecule has 0 unspecified atom stereocenters. The fraction of sp³-hybridized carbons (Fsp3) is 0.600.